The lowest BCUT2D eigenvalue weighted by Gasteiger charge is -2.32. The quantitative estimate of drug-likeness (QED) is 0.624. The number of amides is 1. The molecule has 1 aromatic carbocycles. The molecule has 12 heteroatoms. The Bertz CT molecular complexity index is 1150. The van der Waals surface area contributed by atoms with E-state index in [1.54, 1.807) is 0 Å². The van der Waals surface area contributed by atoms with Crippen LogP contribution in [-0.4, -0.2) is 35.0 Å². The van der Waals surface area contributed by atoms with Crippen LogP contribution in [0.2, 0.25) is 0 Å². The SMILES string of the molecule is Cc1c(F)ccc([C@H]2[C@H](C(=O)Nc3ccn(C)c(=O)c3)O[C@@](C)(C(F)(F)F)[C@H]2C)c1OC(F)F. The number of nitrogens with one attached hydrogen (secondary N) is 1. The van der Waals surface area contributed by atoms with E-state index in [1.807, 2.05) is 0 Å². The number of pyridine rings is 1. The van der Waals surface area contributed by atoms with Gasteiger partial charge in [0.15, 0.2) is 5.60 Å². The molecule has 3 rings (SSSR count). The maximum atomic E-state index is 14.1. The first-order valence-corrected chi connectivity index (χ1v) is 10.1. The average molecular weight is 492 g/mol. The summed E-state index contributed by atoms with van der Waals surface area (Å²) in [6, 6.07) is 4.31. The van der Waals surface area contributed by atoms with E-state index in [2.05, 4.69) is 10.1 Å². The molecule has 6 nitrogen and oxygen atoms in total. The van der Waals surface area contributed by atoms with E-state index in [4.69, 9.17) is 4.74 Å². The summed E-state index contributed by atoms with van der Waals surface area (Å²) in [5, 5.41) is 2.34. The molecule has 0 spiro atoms. The Kier molecular flexibility index (Phi) is 6.75. The van der Waals surface area contributed by atoms with E-state index in [-0.39, 0.29) is 16.8 Å². The zero-order chi connectivity index (χ0) is 25.6. The minimum Gasteiger partial charge on any atom is -0.434 e. The zero-order valence-electron chi connectivity index (χ0n) is 18.5. The number of aromatic nitrogens is 1. The smallest absolute Gasteiger partial charge is 0.417 e. The minimum atomic E-state index is -4.93. The van der Waals surface area contributed by atoms with Crippen molar-refractivity contribution in [3.63, 3.8) is 0 Å². The third kappa shape index (κ3) is 4.50. The van der Waals surface area contributed by atoms with Gasteiger partial charge in [-0.25, -0.2) is 4.39 Å². The van der Waals surface area contributed by atoms with Crippen LogP contribution < -0.4 is 15.6 Å². The second kappa shape index (κ2) is 8.97. The lowest BCUT2D eigenvalue weighted by Crippen LogP contribution is -2.47. The van der Waals surface area contributed by atoms with Crippen molar-refractivity contribution in [2.75, 3.05) is 5.32 Å². The molecule has 2 aromatic rings. The van der Waals surface area contributed by atoms with Gasteiger partial charge in [-0.1, -0.05) is 13.0 Å². The average Bonchev–Trinajstić information content (AvgIpc) is 3.00. The van der Waals surface area contributed by atoms with Crippen molar-refractivity contribution in [3.05, 3.63) is 57.8 Å². The fourth-order valence-electron chi connectivity index (χ4n) is 4.06. The van der Waals surface area contributed by atoms with Gasteiger partial charge in [-0.2, -0.15) is 22.0 Å². The molecule has 0 bridgehead atoms. The van der Waals surface area contributed by atoms with Crippen LogP contribution in [0.1, 0.15) is 30.9 Å². The van der Waals surface area contributed by atoms with Crippen LogP contribution in [-0.2, 0) is 16.6 Å². The normalized spacial score (nSPS) is 25.0. The number of rotatable bonds is 5. The number of aryl methyl sites for hydroxylation is 1. The second-order valence-corrected chi connectivity index (χ2v) is 8.28. The van der Waals surface area contributed by atoms with Gasteiger partial charge in [0.1, 0.15) is 17.7 Å². The van der Waals surface area contributed by atoms with Crippen molar-refractivity contribution in [1.82, 2.24) is 4.57 Å². The molecule has 2 heterocycles. The number of carbonyl (C=O) groups is 1. The molecular formula is C22H22F6N2O4. The summed E-state index contributed by atoms with van der Waals surface area (Å²) >= 11 is 0. The van der Waals surface area contributed by atoms with E-state index in [0.29, 0.717) is 0 Å². The highest BCUT2D eigenvalue weighted by Crippen LogP contribution is 2.55. The number of carbonyl (C=O) groups excluding carboxylic acids is 1. The van der Waals surface area contributed by atoms with Crippen molar-refractivity contribution in [2.45, 2.75) is 51.2 Å². The lowest BCUT2D eigenvalue weighted by molar-refractivity contribution is -0.272. The summed E-state index contributed by atoms with van der Waals surface area (Å²) in [5.74, 6) is -5.51. The Morgan fingerprint density at radius 2 is 1.91 bits per heavy atom. The fraction of sp³-hybridized carbons (Fsp3) is 0.455. The van der Waals surface area contributed by atoms with Crippen molar-refractivity contribution in [3.8, 4) is 5.75 Å². The Hall–Kier alpha value is -3.02. The number of nitrogens with zero attached hydrogens (tertiary/aromatic N) is 1. The number of hydrogen-bond donors (Lipinski definition) is 1. The highest BCUT2D eigenvalue weighted by atomic mass is 19.4. The van der Waals surface area contributed by atoms with Crippen molar-refractivity contribution < 1.29 is 40.6 Å². The van der Waals surface area contributed by atoms with Crippen LogP contribution in [0.15, 0.2) is 35.3 Å². The Labute approximate surface area is 190 Å². The topological polar surface area (TPSA) is 69.6 Å². The molecule has 4 atom stereocenters. The molecule has 0 aliphatic carbocycles. The molecule has 1 N–H and O–H groups in total. The molecule has 1 aliphatic heterocycles. The van der Waals surface area contributed by atoms with Crippen molar-refractivity contribution >= 4 is 11.6 Å². The molecule has 0 saturated carbocycles. The maximum absolute atomic E-state index is 14.1. The number of alkyl halides is 5. The van der Waals surface area contributed by atoms with Crippen LogP contribution in [0.4, 0.5) is 32.0 Å². The Morgan fingerprint density at radius 3 is 2.47 bits per heavy atom. The summed E-state index contributed by atoms with van der Waals surface area (Å²) in [5.41, 5.74) is -3.91. The largest absolute Gasteiger partial charge is 0.434 e. The molecular weight excluding hydrogens is 470 g/mol. The lowest BCUT2D eigenvalue weighted by atomic mass is 9.76. The first kappa shape index (κ1) is 25.6. The van der Waals surface area contributed by atoms with Gasteiger partial charge >= 0.3 is 12.8 Å². The Balaban J connectivity index is 2.12. The van der Waals surface area contributed by atoms with E-state index in [1.165, 1.54) is 23.9 Å². The molecule has 34 heavy (non-hydrogen) atoms. The number of hydrogen-bond acceptors (Lipinski definition) is 4. The van der Waals surface area contributed by atoms with Crippen LogP contribution in [0.3, 0.4) is 0 Å². The van der Waals surface area contributed by atoms with E-state index in [9.17, 15) is 35.9 Å². The molecule has 0 unspecified atom stereocenters. The molecule has 186 valence electrons. The summed E-state index contributed by atoms with van der Waals surface area (Å²) in [7, 11) is 1.46. The van der Waals surface area contributed by atoms with Gasteiger partial charge in [-0.3, -0.25) is 9.59 Å². The van der Waals surface area contributed by atoms with Gasteiger partial charge in [-0.15, -0.1) is 0 Å². The zero-order valence-corrected chi connectivity index (χ0v) is 18.5. The minimum absolute atomic E-state index is 0.00283. The van der Waals surface area contributed by atoms with Gasteiger partial charge in [0.25, 0.3) is 11.5 Å². The van der Waals surface area contributed by atoms with E-state index in [0.717, 1.165) is 39.0 Å². The van der Waals surface area contributed by atoms with Gasteiger partial charge in [0.05, 0.1) is 0 Å². The van der Waals surface area contributed by atoms with Crippen LogP contribution >= 0.6 is 0 Å². The number of halogens is 6. The van der Waals surface area contributed by atoms with E-state index < -0.39 is 59.4 Å². The van der Waals surface area contributed by atoms with Gasteiger partial charge in [-0.05, 0) is 26.0 Å². The summed E-state index contributed by atoms with van der Waals surface area (Å²) in [4.78, 5) is 24.9. The van der Waals surface area contributed by atoms with E-state index >= 15 is 0 Å². The highest BCUT2D eigenvalue weighted by Gasteiger charge is 2.65. The van der Waals surface area contributed by atoms with Crippen LogP contribution in [0.25, 0.3) is 0 Å². The van der Waals surface area contributed by atoms with Crippen molar-refractivity contribution in [1.29, 1.82) is 0 Å². The first-order chi connectivity index (χ1) is 15.7. The molecule has 0 radical (unpaired) electrons. The predicted molar refractivity (Wildman–Crippen MR) is 109 cm³/mol. The Morgan fingerprint density at radius 1 is 1.26 bits per heavy atom. The number of anilines is 1. The third-order valence-electron chi connectivity index (χ3n) is 6.23. The summed E-state index contributed by atoms with van der Waals surface area (Å²) in [6.45, 7) is -0.345. The standard InChI is InChI=1S/C22H22F6N2O4/c1-10-14(23)6-5-13(17(10)33-20(24)25)16-11(2)21(3,22(26,27)28)34-18(16)19(32)29-12-7-8-30(4)15(31)9-12/h5-9,11,16,18,20H,1-4H3,(H,29,32)/t11-,16-,18+,21+/m0/s1. The summed E-state index contributed by atoms with van der Waals surface area (Å²) < 4.78 is 93.2. The number of benzene rings is 1. The molecule has 1 saturated heterocycles. The predicted octanol–water partition coefficient (Wildman–Crippen LogP) is 4.51. The van der Waals surface area contributed by atoms with Gasteiger partial charge in [0.2, 0.25) is 0 Å². The maximum Gasteiger partial charge on any atom is 0.417 e. The molecule has 1 aliphatic rings. The van der Waals surface area contributed by atoms with Gasteiger partial charge in [0, 0.05) is 48.0 Å². The fourth-order valence-corrected chi connectivity index (χ4v) is 4.06. The molecule has 1 aromatic heterocycles. The number of ether oxygens (including phenoxy) is 2. The third-order valence-corrected chi connectivity index (χ3v) is 6.23. The first-order valence-electron chi connectivity index (χ1n) is 10.1. The monoisotopic (exact) mass is 492 g/mol. The molecule has 1 fully saturated rings. The van der Waals surface area contributed by atoms with Crippen LogP contribution in [0, 0.1) is 18.7 Å². The second-order valence-electron chi connectivity index (χ2n) is 8.28. The molecule has 1 amide bonds. The van der Waals surface area contributed by atoms with Gasteiger partial charge < -0.3 is 19.4 Å². The van der Waals surface area contributed by atoms with Crippen LogP contribution in [0.5, 0.6) is 5.75 Å². The highest BCUT2D eigenvalue weighted by molar-refractivity contribution is 5.95. The van der Waals surface area contributed by atoms with Crippen molar-refractivity contribution in [2.24, 2.45) is 13.0 Å². The summed E-state index contributed by atoms with van der Waals surface area (Å²) in [6.07, 6.45) is -5.41.